The highest BCUT2D eigenvalue weighted by Gasteiger charge is 2.43. The Balaban J connectivity index is 1.95. The summed E-state index contributed by atoms with van der Waals surface area (Å²) >= 11 is 0. The predicted octanol–water partition coefficient (Wildman–Crippen LogP) is 0.812. The van der Waals surface area contributed by atoms with E-state index < -0.39 is 5.60 Å². The van der Waals surface area contributed by atoms with Gasteiger partial charge in [0.1, 0.15) is 5.60 Å². The Morgan fingerprint density at radius 3 is 2.65 bits per heavy atom. The fourth-order valence-corrected chi connectivity index (χ4v) is 3.40. The van der Waals surface area contributed by atoms with Crippen molar-refractivity contribution in [2.45, 2.75) is 57.7 Å². The van der Waals surface area contributed by atoms with E-state index in [0.29, 0.717) is 19.6 Å². The first-order valence-electron chi connectivity index (χ1n) is 7.85. The number of hydrogen-bond donors (Lipinski definition) is 3. The lowest BCUT2D eigenvalue weighted by Crippen LogP contribution is -2.53. The monoisotopic (exact) mass is 284 g/mol. The van der Waals surface area contributed by atoms with Crippen LogP contribution >= 0.6 is 0 Å². The zero-order valence-electron chi connectivity index (χ0n) is 12.7. The molecule has 0 aromatic rings. The Kier molecular flexibility index (Phi) is 5.04. The van der Waals surface area contributed by atoms with Crippen LogP contribution in [0.5, 0.6) is 0 Å². The lowest BCUT2D eigenvalue weighted by molar-refractivity contribution is -0.135. The summed E-state index contributed by atoms with van der Waals surface area (Å²) in [6.45, 7) is 6.65. The second-order valence-corrected chi connectivity index (χ2v) is 6.33. The number of carbonyl (C=O) groups excluding carboxylic acids is 1. The number of carbonyl (C=O) groups is 1. The molecule has 3 N–H and O–H groups in total. The first-order valence-corrected chi connectivity index (χ1v) is 7.85. The molecule has 2 atom stereocenters. The number of piperidine rings is 1. The molecular formula is C15H28N2O3. The molecule has 1 amide bonds. The van der Waals surface area contributed by atoms with Crippen molar-refractivity contribution in [2.75, 3.05) is 26.2 Å². The molecule has 2 saturated heterocycles. The average Bonchev–Trinajstić information content (AvgIpc) is 2.78. The summed E-state index contributed by atoms with van der Waals surface area (Å²) in [6, 6.07) is 0. The number of hydrogen-bond acceptors (Lipinski definition) is 4. The summed E-state index contributed by atoms with van der Waals surface area (Å²) < 4.78 is 5.41. The highest BCUT2D eigenvalue weighted by Crippen LogP contribution is 2.34. The van der Waals surface area contributed by atoms with Gasteiger partial charge in [0.2, 0.25) is 5.91 Å². The van der Waals surface area contributed by atoms with Crippen molar-refractivity contribution < 1.29 is 14.6 Å². The molecule has 2 unspecified atom stereocenters. The summed E-state index contributed by atoms with van der Waals surface area (Å²) in [7, 11) is 0. The molecule has 116 valence electrons. The van der Waals surface area contributed by atoms with Crippen molar-refractivity contribution >= 4 is 5.91 Å². The van der Waals surface area contributed by atoms with Crippen molar-refractivity contribution in [1.82, 2.24) is 10.6 Å². The average molecular weight is 284 g/mol. The lowest BCUT2D eigenvalue weighted by atomic mass is 9.74. The first kappa shape index (κ1) is 15.7. The molecule has 2 heterocycles. The smallest absolute Gasteiger partial charge is 0.226 e. The van der Waals surface area contributed by atoms with Crippen molar-refractivity contribution in [3.05, 3.63) is 0 Å². The third kappa shape index (κ3) is 3.15. The second kappa shape index (κ2) is 6.41. The zero-order chi connectivity index (χ0) is 14.6. The molecule has 0 spiro atoms. The summed E-state index contributed by atoms with van der Waals surface area (Å²) in [5.74, 6) is 0.105. The van der Waals surface area contributed by atoms with E-state index in [9.17, 15) is 9.90 Å². The van der Waals surface area contributed by atoms with Gasteiger partial charge in [-0.1, -0.05) is 13.3 Å². The largest absolute Gasteiger partial charge is 0.385 e. The van der Waals surface area contributed by atoms with Crippen molar-refractivity contribution in [1.29, 1.82) is 0 Å². The van der Waals surface area contributed by atoms with Crippen LogP contribution in [0.25, 0.3) is 0 Å². The fraction of sp³-hybridized carbons (Fsp3) is 0.933. The Morgan fingerprint density at radius 2 is 2.10 bits per heavy atom. The van der Waals surface area contributed by atoms with E-state index in [0.717, 1.165) is 38.8 Å². The second-order valence-electron chi connectivity index (χ2n) is 6.33. The van der Waals surface area contributed by atoms with Crippen LogP contribution in [-0.2, 0) is 9.53 Å². The third-order valence-electron chi connectivity index (χ3n) is 4.99. The van der Waals surface area contributed by atoms with Gasteiger partial charge in [-0.05, 0) is 39.3 Å². The molecule has 0 bridgehead atoms. The maximum atomic E-state index is 12.6. The standard InChI is InChI=1S/C15H28N2O3/c1-3-4-14(5-8-16-9-6-14)13(18)17-11-15(19)7-10-20-12(15)2/h12,16,19H,3-11H2,1-2H3,(H,17,18). The minimum atomic E-state index is -0.907. The molecule has 2 rings (SSSR count). The fourth-order valence-electron chi connectivity index (χ4n) is 3.40. The van der Waals surface area contributed by atoms with Gasteiger partial charge in [0.05, 0.1) is 11.5 Å². The van der Waals surface area contributed by atoms with Gasteiger partial charge in [-0.15, -0.1) is 0 Å². The van der Waals surface area contributed by atoms with E-state index in [1.165, 1.54) is 0 Å². The molecule has 0 aliphatic carbocycles. The summed E-state index contributed by atoms with van der Waals surface area (Å²) in [6.07, 6.45) is 4.09. The van der Waals surface area contributed by atoms with Gasteiger partial charge in [0.15, 0.2) is 0 Å². The molecule has 0 aromatic heterocycles. The van der Waals surface area contributed by atoms with Gasteiger partial charge in [-0.25, -0.2) is 0 Å². The number of rotatable bonds is 5. The molecule has 5 nitrogen and oxygen atoms in total. The zero-order valence-corrected chi connectivity index (χ0v) is 12.7. The minimum Gasteiger partial charge on any atom is -0.385 e. The summed E-state index contributed by atoms with van der Waals surface area (Å²) in [4.78, 5) is 12.6. The van der Waals surface area contributed by atoms with Crippen LogP contribution in [0, 0.1) is 5.41 Å². The number of aliphatic hydroxyl groups is 1. The highest BCUT2D eigenvalue weighted by atomic mass is 16.5. The Morgan fingerprint density at radius 1 is 1.40 bits per heavy atom. The Bertz CT molecular complexity index is 337. The highest BCUT2D eigenvalue weighted by molar-refractivity contribution is 5.82. The van der Waals surface area contributed by atoms with E-state index in [4.69, 9.17) is 4.74 Å². The van der Waals surface area contributed by atoms with Crippen LogP contribution in [0.3, 0.4) is 0 Å². The van der Waals surface area contributed by atoms with Crippen LogP contribution < -0.4 is 10.6 Å². The summed E-state index contributed by atoms with van der Waals surface area (Å²) in [5.41, 5.74) is -1.16. The predicted molar refractivity (Wildman–Crippen MR) is 77.4 cm³/mol. The van der Waals surface area contributed by atoms with E-state index >= 15 is 0 Å². The van der Waals surface area contributed by atoms with Gasteiger partial charge >= 0.3 is 0 Å². The SMILES string of the molecule is CCCC1(C(=O)NCC2(O)CCOC2C)CCNCC1. The molecule has 20 heavy (non-hydrogen) atoms. The topological polar surface area (TPSA) is 70.6 Å². The number of nitrogens with one attached hydrogen (secondary N) is 2. The van der Waals surface area contributed by atoms with Crippen molar-refractivity contribution in [2.24, 2.45) is 5.41 Å². The number of ether oxygens (including phenoxy) is 1. The van der Waals surface area contributed by atoms with Gasteiger partial charge in [0, 0.05) is 19.6 Å². The van der Waals surface area contributed by atoms with Crippen LogP contribution in [0.4, 0.5) is 0 Å². The van der Waals surface area contributed by atoms with Gasteiger partial charge in [-0.2, -0.15) is 0 Å². The van der Waals surface area contributed by atoms with Crippen LogP contribution in [0.15, 0.2) is 0 Å². The number of amides is 1. The maximum absolute atomic E-state index is 12.6. The van der Waals surface area contributed by atoms with Crippen LogP contribution in [0.2, 0.25) is 0 Å². The van der Waals surface area contributed by atoms with Crippen LogP contribution in [0.1, 0.15) is 46.0 Å². The van der Waals surface area contributed by atoms with E-state index in [1.54, 1.807) is 0 Å². The molecular weight excluding hydrogens is 256 g/mol. The molecule has 2 aliphatic rings. The van der Waals surface area contributed by atoms with E-state index in [1.807, 2.05) is 6.92 Å². The molecule has 0 aromatic carbocycles. The minimum absolute atomic E-state index is 0.105. The first-order chi connectivity index (χ1) is 9.52. The Hall–Kier alpha value is -0.650. The lowest BCUT2D eigenvalue weighted by Gasteiger charge is -2.37. The van der Waals surface area contributed by atoms with Crippen molar-refractivity contribution in [3.63, 3.8) is 0 Å². The van der Waals surface area contributed by atoms with Crippen molar-refractivity contribution in [3.8, 4) is 0 Å². The van der Waals surface area contributed by atoms with E-state index in [2.05, 4.69) is 17.6 Å². The molecule has 5 heteroatoms. The third-order valence-corrected chi connectivity index (χ3v) is 4.99. The molecule has 2 fully saturated rings. The summed E-state index contributed by atoms with van der Waals surface area (Å²) in [5, 5.41) is 16.8. The van der Waals surface area contributed by atoms with Gasteiger partial charge < -0.3 is 20.5 Å². The maximum Gasteiger partial charge on any atom is 0.226 e. The Labute approximate surface area is 121 Å². The van der Waals surface area contributed by atoms with Crippen LogP contribution in [-0.4, -0.2) is 49.0 Å². The van der Waals surface area contributed by atoms with Gasteiger partial charge in [-0.3, -0.25) is 4.79 Å². The molecule has 2 aliphatic heterocycles. The normalized spacial score (nSPS) is 33.0. The van der Waals surface area contributed by atoms with E-state index in [-0.39, 0.29) is 17.4 Å². The quantitative estimate of drug-likeness (QED) is 0.699. The van der Waals surface area contributed by atoms with Gasteiger partial charge in [0.25, 0.3) is 0 Å². The molecule has 0 radical (unpaired) electrons. The molecule has 0 saturated carbocycles.